The van der Waals surface area contributed by atoms with Crippen LogP contribution in [0, 0.1) is 5.92 Å². The zero-order valence-electron chi connectivity index (χ0n) is 15.7. The molecule has 0 radical (unpaired) electrons. The predicted octanol–water partition coefficient (Wildman–Crippen LogP) is 1.49. The maximum absolute atomic E-state index is 12.9. The number of carbonyl (C=O) groups excluding carboxylic acids is 2. The minimum atomic E-state index is -0.103. The van der Waals surface area contributed by atoms with Crippen LogP contribution in [0.2, 0.25) is 0 Å². The van der Waals surface area contributed by atoms with Crippen molar-refractivity contribution in [2.75, 3.05) is 18.4 Å². The third kappa shape index (κ3) is 3.60. The van der Waals surface area contributed by atoms with Crippen LogP contribution in [0.15, 0.2) is 30.6 Å². The van der Waals surface area contributed by atoms with Crippen LogP contribution >= 0.6 is 0 Å². The highest BCUT2D eigenvalue weighted by molar-refractivity contribution is 5.93. The molecule has 0 spiro atoms. The Hall–Kier alpha value is -2.67. The first-order valence-electron chi connectivity index (χ1n) is 9.43. The summed E-state index contributed by atoms with van der Waals surface area (Å²) in [4.78, 5) is 24.4. The van der Waals surface area contributed by atoms with E-state index in [1.54, 1.807) is 4.68 Å². The minimum Gasteiger partial charge on any atom is -0.349 e. The molecule has 3 heterocycles. The lowest BCUT2D eigenvalue weighted by molar-refractivity contribution is -0.125. The van der Waals surface area contributed by atoms with Gasteiger partial charge in [0.2, 0.25) is 11.8 Å². The number of hydrogen-bond donors (Lipinski definition) is 3. The molecule has 142 valence electrons. The topological polar surface area (TPSA) is 88.1 Å². The quantitative estimate of drug-likeness (QED) is 0.764. The number of hydrogen-bond acceptors (Lipinski definition) is 4. The van der Waals surface area contributed by atoms with E-state index in [1.807, 2.05) is 38.5 Å². The van der Waals surface area contributed by atoms with Gasteiger partial charge in [-0.05, 0) is 36.1 Å². The van der Waals surface area contributed by atoms with Crippen molar-refractivity contribution in [1.82, 2.24) is 20.4 Å². The normalized spacial score (nSPS) is 22.8. The molecule has 3 atom stereocenters. The SMILES string of the molecule is CC(NC(=O)[C@H]1CNC[C@@H]1c1cnn(C)c1)c1ccc2c(c1)CCC(=O)N2. The van der Waals surface area contributed by atoms with Crippen molar-refractivity contribution in [1.29, 1.82) is 0 Å². The Morgan fingerprint density at radius 2 is 2.19 bits per heavy atom. The second-order valence-electron chi connectivity index (χ2n) is 7.51. The van der Waals surface area contributed by atoms with Crippen LogP contribution < -0.4 is 16.0 Å². The molecule has 1 aromatic carbocycles. The Morgan fingerprint density at radius 1 is 1.33 bits per heavy atom. The fourth-order valence-corrected chi connectivity index (χ4v) is 4.01. The molecule has 0 saturated carbocycles. The molecule has 1 unspecified atom stereocenters. The van der Waals surface area contributed by atoms with Gasteiger partial charge in [-0.2, -0.15) is 5.10 Å². The summed E-state index contributed by atoms with van der Waals surface area (Å²) in [6.45, 7) is 3.47. The van der Waals surface area contributed by atoms with Gasteiger partial charge in [-0.25, -0.2) is 0 Å². The van der Waals surface area contributed by atoms with Gasteiger partial charge in [0.05, 0.1) is 18.2 Å². The summed E-state index contributed by atoms with van der Waals surface area (Å²) in [6.07, 6.45) is 5.08. The number of rotatable bonds is 4. The molecular formula is C20H25N5O2. The number of anilines is 1. The van der Waals surface area contributed by atoms with Crippen LogP contribution in [0.25, 0.3) is 0 Å². The monoisotopic (exact) mass is 367 g/mol. The highest BCUT2D eigenvalue weighted by Crippen LogP contribution is 2.30. The first-order valence-corrected chi connectivity index (χ1v) is 9.43. The smallest absolute Gasteiger partial charge is 0.225 e. The molecule has 2 amide bonds. The first kappa shape index (κ1) is 17.7. The van der Waals surface area contributed by atoms with E-state index in [2.05, 4.69) is 27.1 Å². The van der Waals surface area contributed by atoms with Gasteiger partial charge >= 0.3 is 0 Å². The van der Waals surface area contributed by atoms with Crippen LogP contribution in [0.5, 0.6) is 0 Å². The van der Waals surface area contributed by atoms with E-state index in [0.717, 1.165) is 35.3 Å². The Labute approximate surface area is 158 Å². The van der Waals surface area contributed by atoms with E-state index in [9.17, 15) is 9.59 Å². The van der Waals surface area contributed by atoms with Crippen molar-refractivity contribution >= 4 is 17.5 Å². The summed E-state index contributed by atoms with van der Waals surface area (Å²) >= 11 is 0. The zero-order chi connectivity index (χ0) is 19.0. The Morgan fingerprint density at radius 3 is 2.96 bits per heavy atom. The second-order valence-corrected chi connectivity index (χ2v) is 7.51. The Kier molecular flexibility index (Phi) is 4.70. The van der Waals surface area contributed by atoms with Crippen molar-refractivity contribution in [3.63, 3.8) is 0 Å². The van der Waals surface area contributed by atoms with E-state index in [4.69, 9.17) is 0 Å². The van der Waals surface area contributed by atoms with Crippen LogP contribution in [0.3, 0.4) is 0 Å². The van der Waals surface area contributed by atoms with E-state index in [1.165, 1.54) is 0 Å². The molecule has 2 aliphatic rings. The van der Waals surface area contributed by atoms with Crippen molar-refractivity contribution in [3.8, 4) is 0 Å². The van der Waals surface area contributed by atoms with E-state index in [-0.39, 0.29) is 29.7 Å². The average molecular weight is 367 g/mol. The molecule has 1 saturated heterocycles. The molecule has 27 heavy (non-hydrogen) atoms. The molecule has 7 heteroatoms. The van der Waals surface area contributed by atoms with Gasteiger partial charge in [0.15, 0.2) is 0 Å². The summed E-state index contributed by atoms with van der Waals surface area (Å²) in [5, 5.41) is 13.6. The molecule has 2 aromatic rings. The molecule has 4 rings (SSSR count). The number of amides is 2. The molecule has 1 fully saturated rings. The van der Waals surface area contributed by atoms with Crippen LogP contribution in [-0.4, -0.2) is 34.7 Å². The molecule has 0 aliphatic carbocycles. The third-order valence-corrected chi connectivity index (χ3v) is 5.59. The predicted molar refractivity (Wildman–Crippen MR) is 102 cm³/mol. The van der Waals surface area contributed by atoms with Gasteiger partial charge in [0.1, 0.15) is 0 Å². The third-order valence-electron chi connectivity index (χ3n) is 5.59. The minimum absolute atomic E-state index is 0.0618. The Balaban J connectivity index is 1.45. The summed E-state index contributed by atoms with van der Waals surface area (Å²) in [5.41, 5.74) is 4.16. The fourth-order valence-electron chi connectivity index (χ4n) is 4.01. The lowest BCUT2D eigenvalue weighted by atomic mass is 9.89. The zero-order valence-corrected chi connectivity index (χ0v) is 15.7. The first-order chi connectivity index (χ1) is 13.0. The highest BCUT2D eigenvalue weighted by Gasteiger charge is 2.35. The van der Waals surface area contributed by atoms with Crippen LogP contribution in [-0.2, 0) is 23.1 Å². The van der Waals surface area contributed by atoms with Gasteiger partial charge in [0, 0.05) is 44.4 Å². The van der Waals surface area contributed by atoms with Gasteiger partial charge in [-0.3, -0.25) is 14.3 Å². The van der Waals surface area contributed by atoms with E-state index >= 15 is 0 Å². The maximum Gasteiger partial charge on any atom is 0.225 e. The number of aryl methyl sites for hydroxylation is 2. The molecular weight excluding hydrogens is 342 g/mol. The summed E-state index contributed by atoms with van der Waals surface area (Å²) < 4.78 is 1.77. The van der Waals surface area contributed by atoms with Crippen LogP contribution in [0.4, 0.5) is 5.69 Å². The largest absolute Gasteiger partial charge is 0.349 e. The lowest BCUT2D eigenvalue weighted by Gasteiger charge is -2.23. The highest BCUT2D eigenvalue weighted by atomic mass is 16.2. The molecule has 7 nitrogen and oxygen atoms in total. The number of nitrogens with one attached hydrogen (secondary N) is 3. The van der Waals surface area contributed by atoms with E-state index < -0.39 is 0 Å². The van der Waals surface area contributed by atoms with Crippen molar-refractivity contribution in [2.24, 2.45) is 13.0 Å². The van der Waals surface area contributed by atoms with Crippen LogP contribution in [0.1, 0.15) is 42.0 Å². The van der Waals surface area contributed by atoms with Crippen molar-refractivity contribution < 1.29 is 9.59 Å². The Bertz CT molecular complexity index is 875. The van der Waals surface area contributed by atoms with Gasteiger partial charge in [-0.15, -0.1) is 0 Å². The average Bonchev–Trinajstić information content (AvgIpc) is 3.29. The van der Waals surface area contributed by atoms with Gasteiger partial charge < -0.3 is 16.0 Å². The molecule has 2 aliphatic heterocycles. The van der Waals surface area contributed by atoms with Crippen molar-refractivity contribution in [3.05, 3.63) is 47.3 Å². The van der Waals surface area contributed by atoms with Crippen molar-refractivity contribution in [2.45, 2.75) is 31.7 Å². The molecule has 1 aromatic heterocycles. The van der Waals surface area contributed by atoms with Gasteiger partial charge in [-0.1, -0.05) is 12.1 Å². The number of benzene rings is 1. The summed E-state index contributed by atoms with van der Waals surface area (Å²) in [5.74, 6) is 0.164. The van der Waals surface area contributed by atoms with E-state index in [0.29, 0.717) is 13.0 Å². The molecule has 0 bridgehead atoms. The summed E-state index contributed by atoms with van der Waals surface area (Å²) in [7, 11) is 1.89. The lowest BCUT2D eigenvalue weighted by Crippen LogP contribution is -2.36. The number of fused-ring (bicyclic) bond motifs is 1. The molecule has 3 N–H and O–H groups in total. The maximum atomic E-state index is 12.9. The number of nitrogens with zero attached hydrogens (tertiary/aromatic N) is 2. The standard InChI is InChI=1S/C20H25N5O2/c1-12(13-3-5-18-14(7-13)4-6-19(26)24-18)23-20(27)17-10-21-9-16(17)15-8-22-25(2)11-15/h3,5,7-8,11-12,16-17,21H,4,6,9-10H2,1-2H3,(H,23,27)(H,24,26)/t12?,16-,17+/m1/s1. The van der Waals surface area contributed by atoms with Gasteiger partial charge in [0.25, 0.3) is 0 Å². The summed E-state index contributed by atoms with van der Waals surface area (Å²) in [6, 6.07) is 5.90. The number of aromatic nitrogens is 2. The second kappa shape index (κ2) is 7.15. The number of carbonyl (C=O) groups is 2. The fraction of sp³-hybridized carbons (Fsp3) is 0.450.